The van der Waals surface area contributed by atoms with Crippen LogP contribution in [0, 0.1) is 23.0 Å². The fraction of sp³-hybridized carbons (Fsp3) is 0.273. The van der Waals surface area contributed by atoms with E-state index in [1.165, 1.54) is 23.4 Å². The van der Waals surface area contributed by atoms with Crippen LogP contribution in [0.15, 0.2) is 46.2 Å². The third-order valence-corrected chi connectivity index (χ3v) is 5.71. The zero-order chi connectivity index (χ0) is 24.6. The third kappa shape index (κ3) is 4.28. The number of benzene rings is 1. The van der Waals surface area contributed by atoms with Gasteiger partial charge in [-0.15, -0.1) is 0 Å². The predicted octanol–water partition coefficient (Wildman–Crippen LogP) is 3.75. The third-order valence-electron chi connectivity index (χ3n) is 5.50. The first-order valence-corrected chi connectivity index (χ1v) is 10.5. The molecule has 0 spiro atoms. The summed E-state index contributed by atoms with van der Waals surface area (Å²) in [5, 5.41) is 9.51. The summed E-state index contributed by atoms with van der Waals surface area (Å²) < 4.78 is 57.1. The van der Waals surface area contributed by atoms with E-state index in [1.807, 2.05) is 6.07 Å². The van der Waals surface area contributed by atoms with Crippen LogP contribution in [0.5, 0.6) is 0 Å². The monoisotopic (exact) mass is 493 g/mol. The molecule has 0 bridgehead atoms. The molecule has 3 heterocycles. The lowest BCUT2D eigenvalue weighted by molar-refractivity contribution is -0.0222. The predicted molar refractivity (Wildman–Crippen MR) is 116 cm³/mol. The molecule has 0 amide bonds. The number of nitriles is 1. The second-order valence-corrected chi connectivity index (χ2v) is 8.14. The van der Waals surface area contributed by atoms with E-state index in [2.05, 4.69) is 4.98 Å². The molecule has 1 fully saturated rings. The van der Waals surface area contributed by atoms with Crippen molar-refractivity contribution in [1.29, 1.82) is 5.26 Å². The van der Waals surface area contributed by atoms with E-state index in [0.717, 1.165) is 22.8 Å². The van der Waals surface area contributed by atoms with Gasteiger partial charge in [0.15, 0.2) is 11.6 Å². The number of alkyl halides is 2. The van der Waals surface area contributed by atoms with Crippen LogP contribution >= 0.6 is 11.6 Å². The van der Waals surface area contributed by atoms with Gasteiger partial charge in [-0.05, 0) is 23.8 Å². The van der Waals surface area contributed by atoms with Crippen LogP contribution in [0.1, 0.15) is 12.8 Å². The summed E-state index contributed by atoms with van der Waals surface area (Å²) in [5.41, 5.74) is -2.23. The molecule has 0 aliphatic carbocycles. The number of nitrogens with zero attached hydrogens (tertiary/aromatic N) is 5. The summed E-state index contributed by atoms with van der Waals surface area (Å²) in [4.78, 5) is 32.3. The molecule has 0 N–H and O–H groups in total. The number of halogens is 5. The SMILES string of the molecule is N#CCn1c(N2CCC(F)(F)CC2)c(-c2ccc(F)c(F)c2)c(=O)n(-c2cncc(Cl)c2)c1=O. The number of anilines is 1. The van der Waals surface area contributed by atoms with Crippen molar-refractivity contribution in [2.75, 3.05) is 18.0 Å². The number of hydrogen-bond acceptors (Lipinski definition) is 5. The van der Waals surface area contributed by atoms with Crippen molar-refractivity contribution in [3.8, 4) is 22.9 Å². The highest BCUT2D eigenvalue weighted by molar-refractivity contribution is 6.30. The highest BCUT2D eigenvalue weighted by Crippen LogP contribution is 2.34. The smallest absolute Gasteiger partial charge is 0.338 e. The first-order valence-electron chi connectivity index (χ1n) is 10.1. The number of piperidine rings is 1. The minimum atomic E-state index is -2.93. The maximum atomic E-state index is 14.1. The minimum absolute atomic E-state index is 0.0187. The molecule has 1 aliphatic rings. The Labute approximate surface area is 195 Å². The van der Waals surface area contributed by atoms with Crippen LogP contribution in [-0.2, 0) is 6.54 Å². The van der Waals surface area contributed by atoms with Crippen LogP contribution in [0.25, 0.3) is 16.8 Å². The average Bonchev–Trinajstić information content (AvgIpc) is 2.78. The van der Waals surface area contributed by atoms with E-state index < -0.39 is 48.2 Å². The van der Waals surface area contributed by atoms with Crippen LogP contribution in [0.2, 0.25) is 5.02 Å². The molecular weight excluding hydrogens is 478 g/mol. The summed E-state index contributed by atoms with van der Waals surface area (Å²) in [6.07, 6.45) is 1.38. The van der Waals surface area contributed by atoms with Gasteiger partial charge in [-0.25, -0.2) is 26.9 Å². The first kappa shape index (κ1) is 23.5. The molecule has 4 rings (SSSR count). The van der Waals surface area contributed by atoms with Gasteiger partial charge >= 0.3 is 5.69 Å². The molecule has 3 aromatic rings. The van der Waals surface area contributed by atoms with Gasteiger partial charge in [0.25, 0.3) is 11.5 Å². The summed E-state index contributed by atoms with van der Waals surface area (Å²) in [6, 6.07) is 5.84. The largest absolute Gasteiger partial charge is 0.357 e. The van der Waals surface area contributed by atoms with Gasteiger partial charge in [0.1, 0.15) is 12.4 Å². The lowest BCUT2D eigenvalue weighted by atomic mass is 10.0. The van der Waals surface area contributed by atoms with E-state index in [1.54, 1.807) is 0 Å². The number of pyridine rings is 1. The Morgan fingerprint density at radius 2 is 1.79 bits per heavy atom. The van der Waals surface area contributed by atoms with E-state index in [9.17, 15) is 32.4 Å². The number of hydrogen-bond donors (Lipinski definition) is 0. The summed E-state index contributed by atoms with van der Waals surface area (Å²) in [6.45, 7) is -0.987. The highest BCUT2D eigenvalue weighted by Gasteiger charge is 2.36. The van der Waals surface area contributed by atoms with Gasteiger partial charge < -0.3 is 4.90 Å². The topological polar surface area (TPSA) is 83.9 Å². The van der Waals surface area contributed by atoms with Crippen molar-refractivity contribution in [2.24, 2.45) is 0 Å². The lowest BCUT2D eigenvalue weighted by Gasteiger charge is -2.35. The molecule has 1 aliphatic heterocycles. The Morgan fingerprint density at radius 3 is 2.41 bits per heavy atom. The fourth-order valence-corrected chi connectivity index (χ4v) is 4.05. The van der Waals surface area contributed by atoms with Gasteiger partial charge in [0.2, 0.25) is 0 Å². The first-order chi connectivity index (χ1) is 16.1. The van der Waals surface area contributed by atoms with Crippen molar-refractivity contribution < 1.29 is 17.6 Å². The van der Waals surface area contributed by atoms with E-state index in [0.29, 0.717) is 4.57 Å². The second kappa shape index (κ2) is 8.95. The molecule has 0 radical (unpaired) electrons. The highest BCUT2D eigenvalue weighted by atomic mass is 35.5. The maximum Gasteiger partial charge on any atom is 0.338 e. The second-order valence-electron chi connectivity index (χ2n) is 7.70. The van der Waals surface area contributed by atoms with Crippen LogP contribution in [0.4, 0.5) is 23.4 Å². The van der Waals surface area contributed by atoms with E-state index >= 15 is 0 Å². The average molecular weight is 494 g/mol. The van der Waals surface area contributed by atoms with Gasteiger partial charge in [-0.3, -0.25) is 14.3 Å². The quantitative estimate of drug-likeness (QED) is 0.517. The van der Waals surface area contributed by atoms with Crippen LogP contribution in [0.3, 0.4) is 0 Å². The molecule has 1 aromatic carbocycles. The zero-order valence-corrected chi connectivity index (χ0v) is 18.2. The van der Waals surface area contributed by atoms with Gasteiger partial charge in [0.05, 0.1) is 28.5 Å². The maximum absolute atomic E-state index is 14.1. The number of rotatable bonds is 4. The zero-order valence-electron chi connectivity index (χ0n) is 17.4. The van der Waals surface area contributed by atoms with Gasteiger partial charge in [0, 0.05) is 32.1 Å². The van der Waals surface area contributed by atoms with Crippen molar-refractivity contribution in [2.45, 2.75) is 25.3 Å². The van der Waals surface area contributed by atoms with Crippen molar-refractivity contribution in [3.05, 3.63) is 74.2 Å². The molecule has 7 nitrogen and oxygen atoms in total. The Hall–Kier alpha value is -3.65. The Balaban J connectivity index is 2.08. The Bertz CT molecular complexity index is 1420. The molecule has 1 saturated heterocycles. The van der Waals surface area contributed by atoms with E-state index in [-0.39, 0.29) is 40.7 Å². The fourth-order valence-electron chi connectivity index (χ4n) is 3.88. The summed E-state index contributed by atoms with van der Waals surface area (Å²) in [7, 11) is 0. The molecule has 2 aromatic heterocycles. The standard InChI is InChI=1S/C22H16ClF4N5O2/c23-14-10-15(12-29-11-14)32-20(33)18(13-1-2-16(24)17(25)9-13)19(31(8-5-28)21(32)34)30-6-3-22(26,27)4-7-30/h1-2,9-12H,3-4,6-8H2. The van der Waals surface area contributed by atoms with Crippen LogP contribution in [-0.4, -0.2) is 33.1 Å². The molecule has 34 heavy (non-hydrogen) atoms. The Morgan fingerprint density at radius 1 is 1.09 bits per heavy atom. The normalized spacial score (nSPS) is 15.2. The summed E-state index contributed by atoms with van der Waals surface area (Å²) >= 11 is 5.97. The van der Waals surface area contributed by atoms with Crippen LogP contribution < -0.4 is 16.1 Å². The number of aromatic nitrogens is 3. The lowest BCUT2D eigenvalue weighted by Crippen LogP contribution is -2.47. The van der Waals surface area contributed by atoms with E-state index in [4.69, 9.17) is 11.6 Å². The molecule has 0 atom stereocenters. The summed E-state index contributed by atoms with van der Waals surface area (Å²) in [5.74, 6) is -5.46. The molecule has 12 heteroatoms. The minimum Gasteiger partial charge on any atom is -0.357 e. The molecule has 176 valence electrons. The Kier molecular flexibility index (Phi) is 6.18. The van der Waals surface area contributed by atoms with Crippen molar-refractivity contribution >= 4 is 17.4 Å². The van der Waals surface area contributed by atoms with Gasteiger partial charge in [-0.1, -0.05) is 17.7 Å². The molecule has 0 saturated carbocycles. The van der Waals surface area contributed by atoms with Crippen molar-refractivity contribution in [1.82, 2.24) is 14.1 Å². The van der Waals surface area contributed by atoms with Crippen molar-refractivity contribution in [3.63, 3.8) is 0 Å². The molecule has 0 unspecified atom stereocenters. The molecular formula is C22H16ClF4N5O2. The van der Waals surface area contributed by atoms with Gasteiger partial charge in [-0.2, -0.15) is 5.26 Å².